The number of fused-ring (bicyclic) bond motifs is 1. The van der Waals surface area contributed by atoms with Crippen LogP contribution in [0.1, 0.15) is 30.3 Å². The molecule has 24 heavy (non-hydrogen) atoms. The molecule has 3 aromatic rings. The van der Waals surface area contributed by atoms with E-state index in [4.69, 9.17) is 4.74 Å². The molecule has 0 N–H and O–H groups in total. The van der Waals surface area contributed by atoms with Gasteiger partial charge in [0.2, 0.25) is 0 Å². The highest BCUT2D eigenvalue weighted by molar-refractivity contribution is 7.16. The van der Waals surface area contributed by atoms with Gasteiger partial charge in [0.15, 0.2) is 5.82 Å². The van der Waals surface area contributed by atoms with Crippen molar-refractivity contribution in [2.45, 2.75) is 25.4 Å². The quantitative estimate of drug-likeness (QED) is 0.727. The maximum Gasteiger partial charge on any atom is 0.154 e. The van der Waals surface area contributed by atoms with Crippen molar-refractivity contribution in [2.75, 3.05) is 25.1 Å². The van der Waals surface area contributed by atoms with Crippen LogP contribution >= 0.6 is 11.3 Å². The van der Waals surface area contributed by atoms with Gasteiger partial charge in [-0.2, -0.15) is 0 Å². The van der Waals surface area contributed by atoms with Gasteiger partial charge in [-0.1, -0.05) is 0 Å². The summed E-state index contributed by atoms with van der Waals surface area (Å²) in [6, 6.07) is 4.13. The topological polar surface area (TPSA) is 64.0 Å². The molecule has 0 radical (unpaired) electrons. The summed E-state index contributed by atoms with van der Waals surface area (Å²) in [6.45, 7) is 2.39. The van der Waals surface area contributed by atoms with Crippen molar-refractivity contribution in [1.82, 2.24) is 19.9 Å². The SMILES string of the molecule is COCc1nccc([C@H]2CCCN(c3ncnc4sccc34)C2)n1. The molecular formula is C17H19N5OS. The fourth-order valence-electron chi connectivity index (χ4n) is 3.28. The minimum Gasteiger partial charge on any atom is -0.377 e. The maximum atomic E-state index is 5.15. The molecule has 1 aliphatic heterocycles. The van der Waals surface area contributed by atoms with E-state index < -0.39 is 0 Å². The number of ether oxygens (including phenoxy) is 1. The van der Waals surface area contributed by atoms with E-state index in [9.17, 15) is 0 Å². The standard InChI is InChI=1S/C17H19N5OS/c1-23-10-15-18-6-4-14(21-15)12-3-2-7-22(9-12)16-13-5-8-24-17(13)20-11-19-16/h4-6,8,11-12H,2-3,7,9-10H2,1H3/t12-/m0/s1. The molecule has 3 aromatic heterocycles. The molecule has 0 spiro atoms. The van der Waals surface area contributed by atoms with Gasteiger partial charge in [0.05, 0.1) is 5.39 Å². The summed E-state index contributed by atoms with van der Waals surface area (Å²) in [5.74, 6) is 2.17. The number of hydrogen-bond donors (Lipinski definition) is 0. The molecule has 4 heterocycles. The molecule has 0 aliphatic carbocycles. The molecule has 6 nitrogen and oxygen atoms in total. The predicted octanol–water partition coefficient (Wildman–Crippen LogP) is 3.01. The van der Waals surface area contributed by atoms with Gasteiger partial charge in [-0.05, 0) is 30.4 Å². The number of piperidine rings is 1. The largest absolute Gasteiger partial charge is 0.377 e. The van der Waals surface area contributed by atoms with Crippen LogP contribution in [0, 0.1) is 0 Å². The monoisotopic (exact) mass is 341 g/mol. The lowest BCUT2D eigenvalue weighted by Crippen LogP contribution is -2.35. The number of aromatic nitrogens is 4. The van der Waals surface area contributed by atoms with E-state index in [0.29, 0.717) is 12.5 Å². The Morgan fingerprint density at radius 1 is 1.29 bits per heavy atom. The summed E-state index contributed by atoms with van der Waals surface area (Å²) in [5.41, 5.74) is 1.09. The smallest absolute Gasteiger partial charge is 0.154 e. The van der Waals surface area contributed by atoms with Crippen LogP contribution in [0.15, 0.2) is 30.0 Å². The minimum absolute atomic E-state index is 0.390. The van der Waals surface area contributed by atoms with Crippen LogP contribution in [0.25, 0.3) is 10.2 Å². The third-order valence-corrected chi connectivity index (χ3v) is 5.20. The van der Waals surface area contributed by atoms with E-state index in [2.05, 4.69) is 36.3 Å². The van der Waals surface area contributed by atoms with E-state index in [1.807, 2.05) is 12.3 Å². The van der Waals surface area contributed by atoms with Crippen molar-refractivity contribution in [2.24, 2.45) is 0 Å². The van der Waals surface area contributed by atoms with E-state index >= 15 is 0 Å². The Kier molecular flexibility index (Phi) is 4.36. The molecule has 1 saturated heterocycles. The molecule has 7 heteroatoms. The number of hydrogen-bond acceptors (Lipinski definition) is 7. The first-order chi connectivity index (χ1) is 11.8. The zero-order valence-corrected chi connectivity index (χ0v) is 14.4. The number of thiophene rings is 1. The van der Waals surface area contributed by atoms with Crippen LogP contribution in [0.4, 0.5) is 5.82 Å². The van der Waals surface area contributed by atoms with E-state index in [1.165, 1.54) is 0 Å². The number of methoxy groups -OCH3 is 1. The second-order valence-corrected chi connectivity index (χ2v) is 6.85. The van der Waals surface area contributed by atoms with Crippen LogP contribution in [0.3, 0.4) is 0 Å². The number of rotatable bonds is 4. The van der Waals surface area contributed by atoms with Gasteiger partial charge < -0.3 is 9.64 Å². The summed E-state index contributed by atoms with van der Waals surface area (Å²) in [5, 5.41) is 3.22. The molecule has 0 bridgehead atoms. The Morgan fingerprint density at radius 2 is 2.25 bits per heavy atom. The van der Waals surface area contributed by atoms with Crippen molar-refractivity contribution < 1.29 is 4.74 Å². The van der Waals surface area contributed by atoms with Crippen LogP contribution in [0.5, 0.6) is 0 Å². The van der Waals surface area contributed by atoms with E-state index in [1.54, 1.807) is 24.8 Å². The Hall–Kier alpha value is -2.12. The lowest BCUT2D eigenvalue weighted by atomic mass is 9.94. The van der Waals surface area contributed by atoms with Gasteiger partial charge in [-0.25, -0.2) is 19.9 Å². The minimum atomic E-state index is 0.390. The molecule has 0 unspecified atom stereocenters. The number of anilines is 1. The van der Waals surface area contributed by atoms with E-state index in [0.717, 1.165) is 53.5 Å². The van der Waals surface area contributed by atoms with Crippen molar-refractivity contribution in [1.29, 1.82) is 0 Å². The maximum absolute atomic E-state index is 5.15. The second-order valence-electron chi connectivity index (χ2n) is 5.95. The first kappa shape index (κ1) is 15.4. The molecule has 0 saturated carbocycles. The lowest BCUT2D eigenvalue weighted by Gasteiger charge is -2.33. The summed E-state index contributed by atoms with van der Waals surface area (Å²) in [7, 11) is 1.67. The molecule has 1 fully saturated rings. The van der Waals surface area contributed by atoms with Gasteiger partial charge >= 0.3 is 0 Å². The van der Waals surface area contributed by atoms with Crippen molar-refractivity contribution in [3.05, 3.63) is 41.6 Å². The summed E-state index contributed by atoms with van der Waals surface area (Å²) < 4.78 is 5.15. The summed E-state index contributed by atoms with van der Waals surface area (Å²) in [6.07, 6.45) is 5.76. The average Bonchev–Trinajstić information content (AvgIpc) is 3.11. The summed E-state index contributed by atoms with van der Waals surface area (Å²) in [4.78, 5) is 21.2. The zero-order chi connectivity index (χ0) is 16.4. The van der Waals surface area contributed by atoms with Crippen LogP contribution in [-0.2, 0) is 11.3 Å². The summed E-state index contributed by atoms with van der Waals surface area (Å²) >= 11 is 1.66. The third-order valence-electron chi connectivity index (χ3n) is 4.38. The zero-order valence-electron chi connectivity index (χ0n) is 13.6. The number of nitrogens with zero attached hydrogens (tertiary/aromatic N) is 5. The highest BCUT2D eigenvalue weighted by Crippen LogP contribution is 2.32. The highest BCUT2D eigenvalue weighted by Gasteiger charge is 2.25. The van der Waals surface area contributed by atoms with Crippen LogP contribution in [-0.4, -0.2) is 40.1 Å². The van der Waals surface area contributed by atoms with Gasteiger partial charge in [0.25, 0.3) is 0 Å². The predicted molar refractivity (Wildman–Crippen MR) is 94.3 cm³/mol. The molecule has 1 atom stereocenters. The highest BCUT2D eigenvalue weighted by atomic mass is 32.1. The van der Waals surface area contributed by atoms with Crippen LogP contribution in [0.2, 0.25) is 0 Å². The Bertz CT molecular complexity index is 836. The van der Waals surface area contributed by atoms with Gasteiger partial charge in [0.1, 0.15) is 23.6 Å². The Balaban J connectivity index is 1.60. The Labute approximate surface area is 144 Å². The molecule has 4 rings (SSSR count). The fraction of sp³-hybridized carbons (Fsp3) is 0.412. The normalized spacial score (nSPS) is 18.2. The first-order valence-electron chi connectivity index (χ1n) is 8.09. The van der Waals surface area contributed by atoms with Crippen LogP contribution < -0.4 is 4.90 Å². The van der Waals surface area contributed by atoms with Crippen molar-refractivity contribution in [3.8, 4) is 0 Å². The second kappa shape index (κ2) is 6.78. The first-order valence-corrected chi connectivity index (χ1v) is 8.97. The van der Waals surface area contributed by atoms with Gasteiger partial charge in [-0.3, -0.25) is 0 Å². The third kappa shape index (κ3) is 2.97. The average molecular weight is 341 g/mol. The molecule has 1 aliphatic rings. The fourth-order valence-corrected chi connectivity index (χ4v) is 4.01. The van der Waals surface area contributed by atoms with E-state index in [-0.39, 0.29) is 0 Å². The Morgan fingerprint density at radius 3 is 3.17 bits per heavy atom. The van der Waals surface area contributed by atoms with Crippen molar-refractivity contribution in [3.63, 3.8) is 0 Å². The molecule has 124 valence electrons. The van der Waals surface area contributed by atoms with Crippen molar-refractivity contribution >= 4 is 27.4 Å². The molecule has 0 aromatic carbocycles. The molecular weight excluding hydrogens is 322 g/mol. The van der Waals surface area contributed by atoms with Gasteiger partial charge in [0, 0.05) is 38.0 Å². The molecule has 0 amide bonds. The lowest BCUT2D eigenvalue weighted by molar-refractivity contribution is 0.177. The van der Waals surface area contributed by atoms with Gasteiger partial charge in [-0.15, -0.1) is 11.3 Å².